The van der Waals surface area contributed by atoms with Crippen molar-refractivity contribution in [3.8, 4) is 0 Å². The van der Waals surface area contributed by atoms with E-state index in [1.165, 1.54) is 25.7 Å². The summed E-state index contributed by atoms with van der Waals surface area (Å²) in [7, 11) is -3.63. The number of piperazine rings is 1. The van der Waals surface area contributed by atoms with Gasteiger partial charge in [0.2, 0.25) is 10.0 Å². The van der Waals surface area contributed by atoms with Gasteiger partial charge < -0.3 is 4.90 Å². The van der Waals surface area contributed by atoms with Crippen molar-refractivity contribution < 1.29 is 8.42 Å². The summed E-state index contributed by atoms with van der Waals surface area (Å²) in [6, 6.07) is 15.9. The monoisotopic (exact) mass is 399 g/mol. The molecule has 2 aromatic rings. The molecule has 0 bridgehead atoms. The van der Waals surface area contributed by atoms with Crippen molar-refractivity contribution in [2.75, 3.05) is 37.6 Å². The largest absolute Gasteiger partial charge is 0.369 e. The molecular weight excluding hydrogens is 370 g/mol. The van der Waals surface area contributed by atoms with Crippen molar-refractivity contribution in [2.45, 2.75) is 36.5 Å². The number of hydrogen-bond donors (Lipinski definition) is 1. The number of anilines is 1. The lowest BCUT2D eigenvalue weighted by Crippen LogP contribution is -2.46. The normalized spacial score (nSPS) is 20.8. The highest BCUT2D eigenvalue weighted by Crippen LogP contribution is 2.34. The van der Waals surface area contributed by atoms with Crippen LogP contribution in [0.25, 0.3) is 0 Å². The molecule has 0 radical (unpaired) electrons. The van der Waals surface area contributed by atoms with Crippen molar-refractivity contribution in [3.05, 3.63) is 59.7 Å². The smallest absolute Gasteiger partial charge is 0.238 e. The van der Waals surface area contributed by atoms with Crippen LogP contribution in [0.2, 0.25) is 0 Å². The molecular formula is C22H29N3O2S. The van der Waals surface area contributed by atoms with Crippen LogP contribution in [0.15, 0.2) is 53.4 Å². The highest BCUT2D eigenvalue weighted by molar-refractivity contribution is 7.89. The van der Waals surface area contributed by atoms with E-state index in [1.54, 1.807) is 23.3 Å². The van der Waals surface area contributed by atoms with Gasteiger partial charge >= 0.3 is 0 Å². The maximum atomic E-state index is 11.4. The van der Waals surface area contributed by atoms with E-state index in [1.807, 2.05) is 12.1 Å². The first-order chi connectivity index (χ1) is 13.5. The van der Waals surface area contributed by atoms with Crippen LogP contribution in [0.3, 0.4) is 0 Å². The summed E-state index contributed by atoms with van der Waals surface area (Å²) in [5.41, 5.74) is 4.18. The van der Waals surface area contributed by atoms with Crippen LogP contribution in [-0.2, 0) is 16.4 Å². The number of nitrogens with zero attached hydrogens (tertiary/aromatic N) is 2. The van der Waals surface area contributed by atoms with Gasteiger partial charge in [-0.25, -0.2) is 13.6 Å². The van der Waals surface area contributed by atoms with Gasteiger partial charge in [-0.15, -0.1) is 0 Å². The van der Waals surface area contributed by atoms with Gasteiger partial charge in [-0.2, -0.15) is 0 Å². The number of primary sulfonamides is 1. The Hall–Kier alpha value is -1.89. The van der Waals surface area contributed by atoms with Gasteiger partial charge in [0.25, 0.3) is 0 Å². The lowest BCUT2D eigenvalue weighted by molar-refractivity contribution is 0.245. The quantitative estimate of drug-likeness (QED) is 0.839. The van der Waals surface area contributed by atoms with Gasteiger partial charge in [-0.1, -0.05) is 24.3 Å². The first-order valence-electron chi connectivity index (χ1n) is 10.2. The van der Waals surface area contributed by atoms with E-state index >= 15 is 0 Å². The molecule has 1 atom stereocenters. The standard InChI is InChI=1S/C22H29N3O2S/c23-28(26,27)21-10-8-20(9-11-21)25-16-14-24(15-17-25)13-12-19-6-3-5-18-4-1-2-7-22(18)19/h1-2,4,7-11,19H,3,5-6,12-17H2,(H2,23,26,27)/t19-/m0/s1. The number of aryl methyl sites for hydroxylation is 1. The first-order valence-corrected chi connectivity index (χ1v) is 11.7. The summed E-state index contributed by atoms with van der Waals surface area (Å²) >= 11 is 0. The number of fused-ring (bicyclic) bond motifs is 1. The second-order valence-electron chi connectivity index (χ2n) is 7.94. The van der Waals surface area contributed by atoms with Crippen LogP contribution < -0.4 is 10.0 Å². The first kappa shape index (κ1) is 19.4. The molecule has 0 aromatic heterocycles. The van der Waals surface area contributed by atoms with Gasteiger partial charge in [0.1, 0.15) is 0 Å². The fourth-order valence-corrected chi connectivity index (χ4v) is 5.08. The minimum absolute atomic E-state index is 0.169. The second-order valence-corrected chi connectivity index (χ2v) is 9.51. The average Bonchev–Trinajstić information content (AvgIpc) is 2.72. The molecule has 150 valence electrons. The minimum Gasteiger partial charge on any atom is -0.369 e. The van der Waals surface area contributed by atoms with E-state index in [-0.39, 0.29) is 4.90 Å². The van der Waals surface area contributed by atoms with Gasteiger partial charge in [-0.05, 0) is 73.5 Å². The summed E-state index contributed by atoms with van der Waals surface area (Å²) in [6.07, 6.45) is 5.09. The van der Waals surface area contributed by atoms with E-state index in [0.717, 1.165) is 38.4 Å². The molecule has 5 nitrogen and oxygen atoms in total. The predicted octanol–water partition coefficient (Wildman–Crippen LogP) is 2.97. The van der Waals surface area contributed by atoms with Gasteiger partial charge in [0, 0.05) is 31.9 Å². The summed E-state index contributed by atoms with van der Waals surface area (Å²) in [4.78, 5) is 5.05. The molecule has 2 aliphatic rings. The molecule has 28 heavy (non-hydrogen) atoms. The highest BCUT2D eigenvalue weighted by atomic mass is 32.2. The third kappa shape index (κ3) is 4.40. The van der Waals surface area contributed by atoms with Crippen molar-refractivity contribution in [2.24, 2.45) is 5.14 Å². The summed E-state index contributed by atoms with van der Waals surface area (Å²) in [5.74, 6) is 0.703. The van der Waals surface area contributed by atoms with Crippen LogP contribution in [0.5, 0.6) is 0 Å². The molecule has 1 aliphatic heterocycles. The van der Waals surface area contributed by atoms with E-state index in [4.69, 9.17) is 5.14 Å². The lowest BCUT2D eigenvalue weighted by Gasteiger charge is -2.37. The van der Waals surface area contributed by atoms with Crippen LogP contribution >= 0.6 is 0 Å². The molecule has 1 saturated heterocycles. The summed E-state index contributed by atoms with van der Waals surface area (Å²) < 4.78 is 22.8. The Morgan fingerprint density at radius 2 is 1.68 bits per heavy atom. The van der Waals surface area contributed by atoms with Gasteiger partial charge in [0.15, 0.2) is 0 Å². The molecule has 0 unspecified atom stereocenters. The van der Waals surface area contributed by atoms with Crippen molar-refractivity contribution in [1.82, 2.24) is 4.90 Å². The van der Waals surface area contributed by atoms with Crippen LogP contribution in [0, 0.1) is 0 Å². The van der Waals surface area contributed by atoms with Gasteiger partial charge in [0.05, 0.1) is 4.90 Å². The lowest BCUT2D eigenvalue weighted by atomic mass is 9.81. The Labute approximate surface area is 168 Å². The average molecular weight is 400 g/mol. The third-order valence-electron chi connectivity index (χ3n) is 6.19. The Morgan fingerprint density at radius 1 is 0.964 bits per heavy atom. The zero-order chi connectivity index (χ0) is 19.6. The second kappa shape index (κ2) is 8.23. The van der Waals surface area contributed by atoms with E-state index < -0.39 is 10.0 Å². The molecule has 2 N–H and O–H groups in total. The molecule has 6 heteroatoms. The van der Waals surface area contributed by atoms with E-state index in [9.17, 15) is 8.42 Å². The van der Waals surface area contributed by atoms with Crippen molar-refractivity contribution in [3.63, 3.8) is 0 Å². The van der Waals surface area contributed by atoms with Crippen LogP contribution in [0.4, 0.5) is 5.69 Å². The summed E-state index contributed by atoms with van der Waals surface area (Å²) in [5, 5.41) is 5.18. The van der Waals surface area contributed by atoms with Crippen LogP contribution in [-0.4, -0.2) is 46.0 Å². The minimum atomic E-state index is -3.63. The number of benzene rings is 2. The number of rotatable bonds is 5. The van der Waals surface area contributed by atoms with Crippen LogP contribution in [0.1, 0.15) is 36.3 Å². The molecule has 0 amide bonds. The molecule has 1 fully saturated rings. The highest BCUT2D eigenvalue weighted by Gasteiger charge is 2.22. The number of sulfonamides is 1. The zero-order valence-electron chi connectivity index (χ0n) is 16.3. The van der Waals surface area contributed by atoms with Crippen molar-refractivity contribution >= 4 is 15.7 Å². The van der Waals surface area contributed by atoms with Gasteiger partial charge in [-0.3, -0.25) is 4.90 Å². The van der Waals surface area contributed by atoms with Crippen molar-refractivity contribution in [1.29, 1.82) is 0 Å². The molecule has 0 saturated carbocycles. The Bertz CT molecular complexity index is 904. The molecule has 1 aliphatic carbocycles. The molecule has 0 spiro atoms. The fraction of sp³-hybridized carbons (Fsp3) is 0.455. The molecule has 1 heterocycles. The maximum absolute atomic E-state index is 11.4. The maximum Gasteiger partial charge on any atom is 0.238 e. The Morgan fingerprint density at radius 3 is 2.39 bits per heavy atom. The zero-order valence-corrected chi connectivity index (χ0v) is 17.1. The van der Waals surface area contributed by atoms with E-state index in [0.29, 0.717) is 5.92 Å². The number of nitrogens with two attached hydrogens (primary N) is 1. The third-order valence-corrected chi connectivity index (χ3v) is 7.12. The SMILES string of the molecule is NS(=O)(=O)c1ccc(N2CCN(CC[C@@H]3CCCc4ccccc43)CC2)cc1. The summed E-state index contributed by atoms with van der Waals surface area (Å²) in [6.45, 7) is 5.18. The Kier molecular flexibility index (Phi) is 5.71. The predicted molar refractivity (Wildman–Crippen MR) is 113 cm³/mol. The van der Waals surface area contributed by atoms with E-state index in [2.05, 4.69) is 34.1 Å². The number of hydrogen-bond acceptors (Lipinski definition) is 4. The Balaban J connectivity index is 1.29. The topological polar surface area (TPSA) is 66.6 Å². The molecule has 4 rings (SSSR count). The fourth-order valence-electron chi connectivity index (χ4n) is 4.57. The molecule has 2 aromatic carbocycles.